The van der Waals surface area contributed by atoms with Crippen molar-refractivity contribution in [2.75, 3.05) is 19.8 Å². The van der Waals surface area contributed by atoms with Crippen molar-refractivity contribution < 1.29 is 14.3 Å². The highest BCUT2D eigenvalue weighted by molar-refractivity contribution is 6.30. The minimum atomic E-state index is -0.0851. The Hall–Kier alpha value is -1.88. The van der Waals surface area contributed by atoms with Crippen molar-refractivity contribution in [1.82, 2.24) is 5.32 Å². The SMILES string of the molecule is O=C(CCOCC1CCCO1)NC(Cc1ccc(Cl)cc1)c1ccccc1. The molecule has 1 aliphatic heterocycles. The predicted molar refractivity (Wildman–Crippen MR) is 107 cm³/mol. The van der Waals surface area contributed by atoms with Crippen molar-refractivity contribution in [2.45, 2.75) is 37.8 Å². The highest BCUT2D eigenvalue weighted by atomic mass is 35.5. The number of halogens is 1. The number of hydrogen-bond donors (Lipinski definition) is 1. The molecule has 2 unspecified atom stereocenters. The summed E-state index contributed by atoms with van der Waals surface area (Å²) in [5, 5.41) is 3.85. The molecule has 4 nitrogen and oxygen atoms in total. The molecule has 0 bridgehead atoms. The first kappa shape index (κ1) is 19.9. The Morgan fingerprint density at radius 1 is 1.19 bits per heavy atom. The second-order valence-corrected chi connectivity index (χ2v) is 7.26. The fourth-order valence-corrected chi connectivity index (χ4v) is 3.34. The van der Waals surface area contributed by atoms with Gasteiger partial charge in [-0.05, 0) is 42.5 Å². The Bertz CT molecular complexity index is 699. The smallest absolute Gasteiger partial charge is 0.222 e. The van der Waals surface area contributed by atoms with Gasteiger partial charge in [0.25, 0.3) is 0 Å². The van der Waals surface area contributed by atoms with Gasteiger partial charge in [0, 0.05) is 18.1 Å². The van der Waals surface area contributed by atoms with Gasteiger partial charge >= 0.3 is 0 Å². The summed E-state index contributed by atoms with van der Waals surface area (Å²) in [7, 11) is 0. The normalized spacial score (nSPS) is 17.6. The third-order valence-electron chi connectivity index (χ3n) is 4.69. The van der Waals surface area contributed by atoms with Crippen molar-refractivity contribution in [3.8, 4) is 0 Å². The molecule has 1 aliphatic rings. The molecule has 5 heteroatoms. The van der Waals surface area contributed by atoms with Gasteiger partial charge in [-0.2, -0.15) is 0 Å². The Morgan fingerprint density at radius 2 is 1.96 bits per heavy atom. The van der Waals surface area contributed by atoms with Crippen LogP contribution in [0.15, 0.2) is 54.6 Å². The quantitative estimate of drug-likeness (QED) is 0.651. The lowest BCUT2D eigenvalue weighted by Gasteiger charge is -2.20. The zero-order chi connectivity index (χ0) is 18.9. The average molecular weight is 388 g/mol. The monoisotopic (exact) mass is 387 g/mol. The summed E-state index contributed by atoms with van der Waals surface area (Å²) in [6, 6.07) is 17.7. The van der Waals surface area contributed by atoms with E-state index in [4.69, 9.17) is 21.1 Å². The molecule has 1 fully saturated rings. The molecule has 0 aromatic heterocycles. The van der Waals surface area contributed by atoms with E-state index >= 15 is 0 Å². The second kappa shape index (κ2) is 10.5. The number of amides is 1. The lowest BCUT2D eigenvalue weighted by molar-refractivity contribution is -0.123. The van der Waals surface area contributed by atoms with Gasteiger partial charge < -0.3 is 14.8 Å². The molecular formula is C22H26ClNO3. The first-order valence-electron chi connectivity index (χ1n) is 9.49. The molecule has 2 aromatic rings. The largest absolute Gasteiger partial charge is 0.378 e. The summed E-state index contributed by atoms with van der Waals surface area (Å²) in [4.78, 5) is 12.4. The number of hydrogen-bond acceptors (Lipinski definition) is 3. The number of ether oxygens (including phenoxy) is 2. The van der Waals surface area contributed by atoms with Crippen LogP contribution in [-0.4, -0.2) is 31.8 Å². The van der Waals surface area contributed by atoms with Gasteiger partial charge in [-0.25, -0.2) is 0 Å². The van der Waals surface area contributed by atoms with Gasteiger partial charge in [-0.15, -0.1) is 0 Å². The highest BCUT2D eigenvalue weighted by Crippen LogP contribution is 2.20. The molecule has 144 valence electrons. The number of carbonyl (C=O) groups is 1. The Labute approximate surface area is 165 Å². The molecule has 3 rings (SSSR count). The van der Waals surface area contributed by atoms with Gasteiger partial charge in [-0.3, -0.25) is 4.79 Å². The van der Waals surface area contributed by atoms with E-state index in [0.29, 0.717) is 31.1 Å². The third kappa shape index (κ3) is 6.65. The van der Waals surface area contributed by atoms with E-state index in [1.807, 2.05) is 54.6 Å². The molecule has 1 amide bonds. The molecule has 2 atom stereocenters. The van der Waals surface area contributed by atoms with Crippen LogP contribution < -0.4 is 5.32 Å². The Morgan fingerprint density at radius 3 is 2.67 bits per heavy atom. The zero-order valence-electron chi connectivity index (χ0n) is 15.4. The van der Waals surface area contributed by atoms with Gasteiger partial charge in [0.1, 0.15) is 0 Å². The molecule has 0 aliphatic carbocycles. The summed E-state index contributed by atoms with van der Waals surface area (Å²) < 4.78 is 11.1. The third-order valence-corrected chi connectivity index (χ3v) is 4.94. The molecule has 27 heavy (non-hydrogen) atoms. The molecule has 2 aromatic carbocycles. The van der Waals surface area contributed by atoms with E-state index < -0.39 is 0 Å². The van der Waals surface area contributed by atoms with Gasteiger partial charge in [-0.1, -0.05) is 54.1 Å². The van der Waals surface area contributed by atoms with Crippen molar-refractivity contribution >= 4 is 17.5 Å². The van der Waals surface area contributed by atoms with Crippen LogP contribution in [-0.2, 0) is 20.7 Å². The fourth-order valence-electron chi connectivity index (χ4n) is 3.22. The second-order valence-electron chi connectivity index (χ2n) is 6.82. The average Bonchev–Trinajstić information content (AvgIpc) is 3.21. The minimum Gasteiger partial charge on any atom is -0.378 e. The first-order chi connectivity index (χ1) is 13.2. The summed E-state index contributed by atoms with van der Waals surface area (Å²) >= 11 is 5.97. The molecule has 0 radical (unpaired) electrons. The van der Waals surface area contributed by atoms with Crippen molar-refractivity contribution in [3.63, 3.8) is 0 Å². The van der Waals surface area contributed by atoms with E-state index in [2.05, 4.69) is 5.32 Å². The zero-order valence-corrected chi connectivity index (χ0v) is 16.2. The number of benzene rings is 2. The van der Waals surface area contributed by atoms with E-state index in [9.17, 15) is 4.79 Å². The maximum Gasteiger partial charge on any atom is 0.222 e. The van der Waals surface area contributed by atoms with Gasteiger partial charge in [0.05, 0.1) is 25.4 Å². The predicted octanol–water partition coefficient (Wildman–Crippen LogP) is 4.33. The van der Waals surface area contributed by atoms with E-state index in [1.165, 1.54) is 0 Å². The number of carbonyl (C=O) groups excluding carboxylic acids is 1. The lowest BCUT2D eigenvalue weighted by atomic mass is 9.98. The van der Waals surface area contributed by atoms with Crippen LogP contribution in [0.4, 0.5) is 0 Å². The maximum atomic E-state index is 12.4. The van der Waals surface area contributed by atoms with Crippen LogP contribution >= 0.6 is 11.6 Å². The maximum absolute atomic E-state index is 12.4. The van der Waals surface area contributed by atoms with E-state index in [1.54, 1.807) is 0 Å². The standard InChI is InChI=1S/C22H26ClNO3/c23-19-10-8-17(9-11-19)15-21(18-5-2-1-3-6-18)24-22(25)12-14-26-16-20-7-4-13-27-20/h1-3,5-6,8-11,20-21H,4,7,12-16H2,(H,24,25). The summed E-state index contributed by atoms with van der Waals surface area (Å²) in [5.74, 6) is -0.00911. The molecule has 1 heterocycles. The Kier molecular flexibility index (Phi) is 7.69. The highest BCUT2D eigenvalue weighted by Gasteiger charge is 2.17. The Balaban J connectivity index is 1.52. The van der Waals surface area contributed by atoms with Crippen LogP contribution in [0.5, 0.6) is 0 Å². The van der Waals surface area contributed by atoms with Gasteiger partial charge in [0.15, 0.2) is 0 Å². The molecule has 1 N–H and O–H groups in total. The van der Waals surface area contributed by atoms with Gasteiger partial charge in [0.2, 0.25) is 5.91 Å². The van der Waals surface area contributed by atoms with Crippen molar-refractivity contribution in [2.24, 2.45) is 0 Å². The number of nitrogens with one attached hydrogen (secondary N) is 1. The van der Waals surface area contributed by atoms with Crippen LogP contribution in [0.2, 0.25) is 5.02 Å². The molecule has 1 saturated heterocycles. The topological polar surface area (TPSA) is 47.6 Å². The van der Waals surface area contributed by atoms with E-state index in [0.717, 1.165) is 30.6 Å². The number of rotatable bonds is 9. The fraction of sp³-hybridized carbons (Fsp3) is 0.409. The summed E-state index contributed by atoms with van der Waals surface area (Å²) in [5.41, 5.74) is 2.21. The van der Waals surface area contributed by atoms with Crippen LogP contribution in [0, 0.1) is 0 Å². The minimum absolute atomic E-state index is 0.00911. The molecule has 0 saturated carbocycles. The van der Waals surface area contributed by atoms with Crippen LogP contribution in [0.1, 0.15) is 36.4 Å². The van der Waals surface area contributed by atoms with Crippen LogP contribution in [0.25, 0.3) is 0 Å². The van der Waals surface area contributed by atoms with Crippen molar-refractivity contribution in [1.29, 1.82) is 0 Å². The molecule has 0 spiro atoms. The summed E-state index contributed by atoms with van der Waals surface area (Å²) in [6.45, 7) is 1.80. The first-order valence-corrected chi connectivity index (χ1v) is 9.86. The summed E-state index contributed by atoms with van der Waals surface area (Å²) in [6.07, 6.45) is 3.39. The van der Waals surface area contributed by atoms with E-state index in [-0.39, 0.29) is 18.1 Å². The molecular weight excluding hydrogens is 362 g/mol. The lowest BCUT2D eigenvalue weighted by Crippen LogP contribution is -2.31. The van der Waals surface area contributed by atoms with Crippen LogP contribution in [0.3, 0.4) is 0 Å². The van der Waals surface area contributed by atoms with Crippen molar-refractivity contribution in [3.05, 3.63) is 70.7 Å².